The van der Waals surface area contributed by atoms with Crippen LogP contribution in [0.2, 0.25) is 10.0 Å². The largest absolute Gasteiger partial charge is 0.348 e. The summed E-state index contributed by atoms with van der Waals surface area (Å²) in [4.78, 5) is 0. The highest BCUT2D eigenvalue weighted by molar-refractivity contribution is 7.97. The second-order valence-corrected chi connectivity index (χ2v) is 6.71. The predicted molar refractivity (Wildman–Crippen MR) is 95.4 cm³/mol. The van der Waals surface area contributed by atoms with E-state index in [1.54, 1.807) is 6.07 Å². The number of thioether (sulfide) groups is 1. The number of hydrogen-bond acceptors (Lipinski definition) is 1. The van der Waals surface area contributed by atoms with Crippen LogP contribution >= 0.6 is 35.0 Å². The quantitative estimate of drug-likeness (QED) is 0.574. The van der Waals surface area contributed by atoms with E-state index in [0.717, 1.165) is 28.6 Å². The predicted octanol–water partition coefficient (Wildman–Crippen LogP) is 6.11. The first-order valence-electron chi connectivity index (χ1n) is 6.89. The van der Waals surface area contributed by atoms with Crippen LogP contribution in [0, 0.1) is 6.92 Å². The van der Waals surface area contributed by atoms with E-state index >= 15 is 0 Å². The molecule has 0 aliphatic heterocycles. The van der Waals surface area contributed by atoms with Crippen LogP contribution in [0.4, 0.5) is 0 Å². The highest BCUT2D eigenvalue weighted by atomic mass is 35.5. The van der Waals surface area contributed by atoms with Crippen molar-refractivity contribution in [3.05, 3.63) is 69.5 Å². The Labute approximate surface area is 141 Å². The summed E-state index contributed by atoms with van der Waals surface area (Å²) in [6.07, 6.45) is 6.40. The molecule has 0 bridgehead atoms. The van der Waals surface area contributed by atoms with Gasteiger partial charge in [0.2, 0.25) is 0 Å². The Morgan fingerprint density at radius 2 is 1.90 bits per heavy atom. The van der Waals surface area contributed by atoms with Crippen LogP contribution in [0.3, 0.4) is 0 Å². The summed E-state index contributed by atoms with van der Waals surface area (Å²) in [7, 11) is 0. The van der Waals surface area contributed by atoms with Gasteiger partial charge in [0, 0.05) is 40.0 Å². The third kappa shape index (κ3) is 4.57. The molecule has 4 heteroatoms. The van der Waals surface area contributed by atoms with Gasteiger partial charge in [0.15, 0.2) is 0 Å². The standard InChI is InChI=1S/C17H19Cl2NS/c1-3-4-8-20-9-7-14(13(20)2)11-21-12-15-5-6-16(18)10-17(15)19/h3-7,9-10H,8,11-12H2,1-2H3/b4-3+. The average Bonchev–Trinajstić information content (AvgIpc) is 2.80. The molecule has 0 spiro atoms. The van der Waals surface area contributed by atoms with Gasteiger partial charge in [0.05, 0.1) is 0 Å². The lowest BCUT2D eigenvalue weighted by molar-refractivity contribution is 0.792. The van der Waals surface area contributed by atoms with Crippen LogP contribution < -0.4 is 0 Å². The van der Waals surface area contributed by atoms with E-state index in [0.29, 0.717) is 5.02 Å². The van der Waals surface area contributed by atoms with Gasteiger partial charge in [-0.25, -0.2) is 0 Å². The maximum atomic E-state index is 6.19. The molecule has 0 saturated heterocycles. The van der Waals surface area contributed by atoms with Gasteiger partial charge in [-0.1, -0.05) is 41.4 Å². The average molecular weight is 340 g/mol. The second-order valence-electron chi connectivity index (χ2n) is 4.88. The number of hydrogen-bond donors (Lipinski definition) is 0. The lowest BCUT2D eigenvalue weighted by atomic mass is 10.2. The molecule has 1 aromatic carbocycles. The molecule has 0 aliphatic carbocycles. The van der Waals surface area contributed by atoms with Gasteiger partial charge in [0.25, 0.3) is 0 Å². The third-order valence-electron chi connectivity index (χ3n) is 3.42. The number of halogens is 2. The van der Waals surface area contributed by atoms with Crippen molar-refractivity contribution in [2.45, 2.75) is 31.9 Å². The minimum atomic E-state index is 0.686. The van der Waals surface area contributed by atoms with Crippen molar-refractivity contribution < 1.29 is 0 Å². The molecule has 2 rings (SSSR count). The molecular formula is C17H19Cl2NS. The maximum Gasteiger partial charge on any atom is 0.0461 e. The SMILES string of the molecule is C/C=C/Cn1ccc(CSCc2ccc(Cl)cc2Cl)c1C. The normalized spacial score (nSPS) is 11.4. The molecule has 0 atom stereocenters. The fourth-order valence-electron chi connectivity index (χ4n) is 2.08. The van der Waals surface area contributed by atoms with Gasteiger partial charge in [0.1, 0.15) is 0 Å². The summed E-state index contributed by atoms with van der Waals surface area (Å²) >= 11 is 14.0. The molecule has 0 amide bonds. The fraction of sp³-hybridized carbons (Fsp3) is 0.294. The summed E-state index contributed by atoms with van der Waals surface area (Å²) in [6, 6.07) is 7.90. The number of allylic oxidation sites excluding steroid dienone is 2. The molecule has 1 heterocycles. The Balaban J connectivity index is 1.93. The number of rotatable bonds is 6. The van der Waals surface area contributed by atoms with Crippen LogP contribution in [0.25, 0.3) is 0 Å². The Hall–Kier alpha value is -0.830. The van der Waals surface area contributed by atoms with E-state index in [-0.39, 0.29) is 0 Å². The second kappa shape index (κ2) is 7.98. The Kier molecular flexibility index (Phi) is 6.28. The Morgan fingerprint density at radius 3 is 2.62 bits per heavy atom. The molecule has 1 aromatic heterocycles. The van der Waals surface area contributed by atoms with Crippen LogP contribution in [-0.2, 0) is 18.1 Å². The number of nitrogens with zero attached hydrogens (tertiary/aromatic N) is 1. The van der Waals surface area contributed by atoms with E-state index < -0.39 is 0 Å². The van der Waals surface area contributed by atoms with Crippen molar-refractivity contribution >= 4 is 35.0 Å². The molecule has 21 heavy (non-hydrogen) atoms. The monoisotopic (exact) mass is 339 g/mol. The first-order valence-corrected chi connectivity index (χ1v) is 8.80. The van der Waals surface area contributed by atoms with Gasteiger partial charge in [-0.15, -0.1) is 0 Å². The van der Waals surface area contributed by atoms with Gasteiger partial charge < -0.3 is 4.57 Å². The summed E-state index contributed by atoms with van der Waals surface area (Å²) in [5.74, 6) is 1.89. The third-order valence-corrected chi connectivity index (χ3v) is 5.04. The first-order chi connectivity index (χ1) is 10.1. The zero-order valence-electron chi connectivity index (χ0n) is 12.3. The number of benzene rings is 1. The van der Waals surface area contributed by atoms with Crippen molar-refractivity contribution in [1.82, 2.24) is 4.57 Å². The highest BCUT2D eigenvalue weighted by Gasteiger charge is 2.06. The summed E-state index contributed by atoms with van der Waals surface area (Å²) in [5.41, 5.74) is 3.86. The number of aromatic nitrogens is 1. The van der Waals surface area contributed by atoms with E-state index in [2.05, 4.69) is 35.9 Å². The fourth-order valence-corrected chi connectivity index (χ4v) is 3.73. The van der Waals surface area contributed by atoms with Crippen molar-refractivity contribution in [2.75, 3.05) is 0 Å². The first kappa shape index (κ1) is 16.5. The molecular weight excluding hydrogens is 321 g/mol. The summed E-state index contributed by atoms with van der Waals surface area (Å²) < 4.78 is 2.27. The minimum absolute atomic E-state index is 0.686. The van der Waals surface area contributed by atoms with E-state index in [1.165, 1.54) is 11.3 Å². The van der Waals surface area contributed by atoms with Crippen LogP contribution in [0.15, 0.2) is 42.6 Å². The molecule has 112 valence electrons. The Bertz CT molecular complexity index is 632. The lowest BCUT2D eigenvalue weighted by Crippen LogP contribution is -1.97. The highest BCUT2D eigenvalue weighted by Crippen LogP contribution is 2.27. The molecule has 1 nitrogen and oxygen atoms in total. The Morgan fingerprint density at radius 1 is 1.14 bits per heavy atom. The van der Waals surface area contributed by atoms with Crippen molar-refractivity contribution in [3.8, 4) is 0 Å². The van der Waals surface area contributed by atoms with Crippen LogP contribution in [0.1, 0.15) is 23.7 Å². The minimum Gasteiger partial charge on any atom is -0.348 e. The topological polar surface area (TPSA) is 4.93 Å². The van der Waals surface area contributed by atoms with Gasteiger partial charge in [-0.3, -0.25) is 0 Å². The summed E-state index contributed by atoms with van der Waals surface area (Å²) in [5, 5.41) is 1.43. The van der Waals surface area contributed by atoms with Gasteiger partial charge in [-0.05, 0) is 43.2 Å². The van der Waals surface area contributed by atoms with E-state index in [9.17, 15) is 0 Å². The molecule has 2 aromatic rings. The van der Waals surface area contributed by atoms with E-state index in [4.69, 9.17) is 23.2 Å². The van der Waals surface area contributed by atoms with Crippen LogP contribution in [-0.4, -0.2) is 4.57 Å². The van der Waals surface area contributed by atoms with E-state index in [1.807, 2.05) is 30.8 Å². The van der Waals surface area contributed by atoms with Crippen LogP contribution in [0.5, 0.6) is 0 Å². The summed E-state index contributed by atoms with van der Waals surface area (Å²) in [6.45, 7) is 5.16. The zero-order chi connectivity index (χ0) is 15.2. The van der Waals surface area contributed by atoms with Crippen molar-refractivity contribution in [3.63, 3.8) is 0 Å². The lowest BCUT2D eigenvalue weighted by Gasteiger charge is -2.06. The smallest absolute Gasteiger partial charge is 0.0461 e. The van der Waals surface area contributed by atoms with Crippen molar-refractivity contribution in [2.24, 2.45) is 0 Å². The molecule has 0 saturated carbocycles. The van der Waals surface area contributed by atoms with Gasteiger partial charge in [-0.2, -0.15) is 11.8 Å². The van der Waals surface area contributed by atoms with Gasteiger partial charge >= 0.3 is 0 Å². The molecule has 0 radical (unpaired) electrons. The molecule has 0 unspecified atom stereocenters. The van der Waals surface area contributed by atoms with Crippen molar-refractivity contribution in [1.29, 1.82) is 0 Å². The molecule has 0 N–H and O–H groups in total. The maximum absolute atomic E-state index is 6.19. The zero-order valence-corrected chi connectivity index (χ0v) is 14.6. The molecule has 0 fully saturated rings. The molecule has 0 aliphatic rings.